The second kappa shape index (κ2) is 5.01. The first kappa shape index (κ1) is 13.3. The summed E-state index contributed by atoms with van der Waals surface area (Å²) in [5.74, 6) is 1.55. The lowest BCUT2D eigenvalue weighted by molar-refractivity contribution is 0.401. The van der Waals surface area contributed by atoms with Gasteiger partial charge in [-0.3, -0.25) is 0 Å². The van der Waals surface area contributed by atoms with Gasteiger partial charge in [0.25, 0.3) is 0 Å². The summed E-state index contributed by atoms with van der Waals surface area (Å²) >= 11 is 0. The third-order valence-corrected chi connectivity index (χ3v) is 4.42. The van der Waals surface area contributed by atoms with Crippen molar-refractivity contribution < 1.29 is 12.8 Å². The molecule has 0 saturated heterocycles. The van der Waals surface area contributed by atoms with Crippen molar-refractivity contribution in [2.45, 2.75) is 31.6 Å². The second-order valence-electron chi connectivity index (χ2n) is 3.96. The van der Waals surface area contributed by atoms with Crippen LogP contribution in [-0.2, 0) is 16.3 Å². The Hall–Kier alpha value is -0.810. The summed E-state index contributed by atoms with van der Waals surface area (Å²) in [6, 6.07) is 3.42. The average Bonchev–Trinajstić information content (AvgIpc) is 2.66. The molecule has 0 saturated carbocycles. The predicted molar refractivity (Wildman–Crippen MR) is 64.2 cm³/mol. The molecule has 1 N–H and O–H groups in total. The molecule has 0 fully saturated rings. The van der Waals surface area contributed by atoms with Crippen molar-refractivity contribution in [3.05, 3.63) is 23.7 Å². The maximum atomic E-state index is 11.5. The van der Waals surface area contributed by atoms with E-state index >= 15 is 0 Å². The number of hydrogen-bond donors (Lipinski definition) is 1. The molecule has 1 rings (SSSR count). The monoisotopic (exact) mass is 245 g/mol. The first-order chi connectivity index (χ1) is 7.40. The van der Waals surface area contributed by atoms with Gasteiger partial charge in [0, 0.05) is 12.7 Å². The van der Waals surface area contributed by atoms with Crippen LogP contribution in [0, 0.1) is 0 Å². The lowest BCUT2D eigenvalue weighted by atomic mass is 10.2. The van der Waals surface area contributed by atoms with Crippen LogP contribution < -0.4 is 5.32 Å². The predicted octanol–water partition coefficient (Wildman–Crippen LogP) is 1.54. The summed E-state index contributed by atoms with van der Waals surface area (Å²) in [5, 5.41) is 2.48. The zero-order chi connectivity index (χ0) is 12.3. The largest absolute Gasteiger partial charge is 0.464 e. The van der Waals surface area contributed by atoms with Crippen molar-refractivity contribution in [1.82, 2.24) is 5.32 Å². The Morgan fingerprint density at radius 1 is 1.44 bits per heavy atom. The molecule has 1 aromatic heterocycles. The number of nitrogens with one attached hydrogen (secondary N) is 1. The van der Waals surface area contributed by atoms with Gasteiger partial charge in [0.15, 0.2) is 9.84 Å². The molecule has 2 unspecified atom stereocenters. The highest BCUT2D eigenvalue weighted by Crippen LogP contribution is 2.23. The molecular formula is C11H19NO3S. The highest BCUT2D eigenvalue weighted by atomic mass is 32.2. The number of hydrogen-bond acceptors (Lipinski definition) is 4. The molecule has 0 aliphatic carbocycles. The van der Waals surface area contributed by atoms with Gasteiger partial charge in [0.1, 0.15) is 11.5 Å². The summed E-state index contributed by atoms with van der Waals surface area (Å²) in [4.78, 5) is 0. The molecule has 0 aliphatic rings. The Labute approximate surface area is 97.0 Å². The van der Waals surface area contributed by atoms with Gasteiger partial charge in [0.05, 0.1) is 11.3 Å². The van der Waals surface area contributed by atoms with Crippen LogP contribution in [0.3, 0.4) is 0 Å². The van der Waals surface area contributed by atoms with E-state index < -0.39 is 15.1 Å². The minimum atomic E-state index is -3.08. The molecule has 0 amide bonds. The minimum Gasteiger partial charge on any atom is -0.464 e. The van der Waals surface area contributed by atoms with Gasteiger partial charge in [-0.1, -0.05) is 6.92 Å². The van der Waals surface area contributed by atoms with Gasteiger partial charge in [-0.15, -0.1) is 0 Å². The SMILES string of the molecule is CCc1ccc(C(NC)C(C)S(C)(=O)=O)o1. The number of aryl methyl sites for hydroxylation is 1. The van der Waals surface area contributed by atoms with E-state index in [1.54, 1.807) is 14.0 Å². The smallest absolute Gasteiger partial charge is 0.152 e. The van der Waals surface area contributed by atoms with Crippen LogP contribution in [0.2, 0.25) is 0 Å². The summed E-state index contributed by atoms with van der Waals surface area (Å²) in [6.07, 6.45) is 2.05. The molecule has 1 aromatic rings. The molecule has 92 valence electrons. The summed E-state index contributed by atoms with van der Waals surface area (Å²) < 4.78 is 28.6. The van der Waals surface area contributed by atoms with Crippen molar-refractivity contribution in [3.63, 3.8) is 0 Å². The van der Waals surface area contributed by atoms with E-state index in [4.69, 9.17) is 4.42 Å². The minimum absolute atomic E-state index is 0.296. The molecule has 2 atom stereocenters. The Morgan fingerprint density at radius 3 is 2.44 bits per heavy atom. The third kappa shape index (κ3) is 2.86. The van der Waals surface area contributed by atoms with E-state index in [0.29, 0.717) is 5.76 Å². The van der Waals surface area contributed by atoms with Crippen molar-refractivity contribution >= 4 is 9.84 Å². The molecule has 0 radical (unpaired) electrons. The fraction of sp³-hybridized carbons (Fsp3) is 0.636. The Morgan fingerprint density at radius 2 is 2.06 bits per heavy atom. The highest BCUT2D eigenvalue weighted by Gasteiger charge is 2.28. The van der Waals surface area contributed by atoms with E-state index in [9.17, 15) is 8.42 Å². The first-order valence-corrected chi connectivity index (χ1v) is 7.30. The van der Waals surface area contributed by atoms with Gasteiger partial charge >= 0.3 is 0 Å². The van der Waals surface area contributed by atoms with Crippen LogP contribution in [0.15, 0.2) is 16.5 Å². The van der Waals surface area contributed by atoms with Crippen molar-refractivity contribution in [1.29, 1.82) is 0 Å². The maximum Gasteiger partial charge on any atom is 0.152 e. The van der Waals surface area contributed by atoms with E-state index in [2.05, 4.69) is 5.32 Å². The van der Waals surface area contributed by atoms with Gasteiger partial charge in [-0.05, 0) is 26.1 Å². The van der Waals surface area contributed by atoms with Crippen LogP contribution in [0.1, 0.15) is 31.4 Å². The van der Waals surface area contributed by atoms with E-state index in [1.807, 2.05) is 19.1 Å². The number of rotatable bonds is 5. The fourth-order valence-corrected chi connectivity index (χ4v) is 2.37. The van der Waals surface area contributed by atoms with Crippen LogP contribution in [0.5, 0.6) is 0 Å². The standard InChI is InChI=1S/C11H19NO3S/c1-5-9-6-7-10(15-9)11(12-3)8(2)16(4,13)14/h6-8,11-12H,5H2,1-4H3. The Balaban J connectivity index is 2.98. The fourth-order valence-electron chi connectivity index (χ4n) is 1.61. The van der Waals surface area contributed by atoms with Gasteiger partial charge in [0.2, 0.25) is 0 Å². The van der Waals surface area contributed by atoms with Crippen molar-refractivity contribution in [2.24, 2.45) is 0 Å². The van der Waals surface area contributed by atoms with E-state index in [1.165, 1.54) is 6.26 Å². The zero-order valence-corrected chi connectivity index (χ0v) is 11.0. The van der Waals surface area contributed by atoms with E-state index in [0.717, 1.165) is 12.2 Å². The maximum absolute atomic E-state index is 11.5. The molecule has 0 spiro atoms. The van der Waals surface area contributed by atoms with Gasteiger partial charge < -0.3 is 9.73 Å². The quantitative estimate of drug-likeness (QED) is 0.854. The van der Waals surface area contributed by atoms with Crippen LogP contribution in [0.25, 0.3) is 0 Å². The first-order valence-electron chi connectivity index (χ1n) is 5.34. The topological polar surface area (TPSA) is 59.3 Å². The summed E-state index contributed by atoms with van der Waals surface area (Å²) in [6.45, 7) is 3.68. The molecule has 5 heteroatoms. The van der Waals surface area contributed by atoms with Gasteiger partial charge in [-0.2, -0.15) is 0 Å². The van der Waals surface area contributed by atoms with E-state index in [-0.39, 0.29) is 6.04 Å². The highest BCUT2D eigenvalue weighted by molar-refractivity contribution is 7.91. The summed E-state index contributed by atoms with van der Waals surface area (Å²) in [5.41, 5.74) is 0. The van der Waals surface area contributed by atoms with Crippen LogP contribution in [0.4, 0.5) is 0 Å². The zero-order valence-electron chi connectivity index (χ0n) is 10.1. The molecule has 0 aliphatic heterocycles. The van der Waals surface area contributed by atoms with Crippen LogP contribution in [-0.4, -0.2) is 27.0 Å². The van der Waals surface area contributed by atoms with Gasteiger partial charge in [-0.25, -0.2) is 8.42 Å². The number of sulfone groups is 1. The molecular weight excluding hydrogens is 226 g/mol. The molecule has 16 heavy (non-hydrogen) atoms. The van der Waals surface area contributed by atoms with Crippen LogP contribution >= 0.6 is 0 Å². The molecule has 1 heterocycles. The molecule has 4 nitrogen and oxygen atoms in total. The molecule has 0 aromatic carbocycles. The van der Waals surface area contributed by atoms with Crippen molar-refractivity contribution in [3.8, 4) is 0 Å². The lowest BCUT2D eigenvalue weighted by Crippen LogP contribution is -2.32. The summed E-state index contributed by atoms with van der Waals surface area (Å²) in [7, 11) is -1.35. The lowest BCUT2D eigenvalue weighted by Gasteiger charge is -2.19. The second-order valence-corrected chi connectivity index (χ2v) is 6.36. The number of furan rings is 1. The Kier molecular flexibility index (Phi) is 4.15. The molecule has 0 bridgehead atoms. The Bertz CT molecular complexity index is 436. The van der Waals surface area contributed by atoms with Crippen molar-refractivity contribution in [2.75, 3.05) is 13.3 Å². The normalized spacial score (nSPS) is 16.0. The third-order valence-electron chi connectivity index (χ3n) is 2.79. The average molecular weight is 245 g/mol.